The Morgan fingerprint density at radius 1 is 1.29 bits per heavy atom. The standard InChI is InChI=1S/C15H15ClN2O3/c1-7-13(8(2)21-18-7)9-5-12-11(6-10(9)16)17-14(19)15(3,4)20-12/h5-6H,1-4H3,(H,17,19). The third-order valence-electron chi connectivity index (χ3n) is 3.53. The zero-order valence-electron chi connectivity index (χ0n) is 12.2. The summed E-state index contributed by atoms with van der Waals surface area (Å²) in [7, 11) is 0. The molecular weight excluding hydrogens is 292 g/mol. The van der Waals surface area contributed by atoms with Gasteiger partial charge in [-0.2, -0.15) is 0 Å². The molecule has 6 heteroatoms. The molecule has 1 N–H and O–H groups in total. The molecule has 3 rings (SSSR count). The third kappa shape index (κ3) is 2.17. The molecule has 21 heavy (non-hydrogen) atoms. The minimum absolute atomic E-state index is 0.198. The SMILES string of the molecule is Cc1noc(C)c1-c1cc2c(cc1Cl)NC(=O)C(C)(C)O2. The molecule has 2 aromatic rings. The summed E-state index contributed by atoms with van der Waals surface area (Å²) in [4.78, 5) is 11.9. The summed E-state index contributed by atoms with van der Waals surface area (Å²) in [5, 5.41) is 7.25. The lowest BCUT2D eigenvalue weighted by Gasteiger charge is -2.32. The minimum atomic E-state index is -0.920. The number of hydrogen-bond donors (Lipinski definition) is 1. The number of nitrogens with one attached hydrogen (secondary N) is 1. The number of carbonyl (C=O) groups excluding carboxylic acids is 1. The fraction of sp³-hybridized carbons (Fsp3) is 0.333. The Bertz CT molecular complexity index is 730. The van der Waals surface area contributed by atoms with Crippen molar-refractivity contribution in [3.8, 4) is 16.9 Å². The molecule has 0 fully saturated rings. The number of ether oxygens (including phenoxy) is 1. The Balaban J connectivity index is 2.17. The summed E-state index contributed by atoms with van der Waals surface area (Å²) >= 11 is 6.34. The molecule has 1 aromatic heterocycles. The van der Waals surface area contributed by atoms with Crippen molar-refractivity contribution in [3.63, 3.8) is 0 Å². The molecule has 1 aromatic carbocycles. The third-order valence-corrected chi connectivity index (χ3v) is 3.84. The van der Waals surface area contributed by atoms with E-state index in [9.17, 15) is 4.79 Å². The van der Waals surface area contributed by atoms with Crippen LogP contribution in [0.1, 0.15) is 25.3 Å². The highest BCUT2D eigenvalue weighted by Crippen LogP contribution is 2.42. The van der Waals surface area contributed by atoms with Crippen molar-refractivity contribution < 1.29 is 14.1 Å². The normalized spacial score (nSPS) is 16.1. The lowest BCUT2D eigenvalue weighted by molar-refractivity contribution is -0.129. The summed E-state index contributed by atoms with van der Waals surface area (Å²) < 4.78 is 11.0. The van der Waals surface area contributed by atoms with Gasteiger partial charge in [0.15, 0.2) is 5.60 Å². The second-order valence-electron chi connectivity index (χ2n) is 5.59. The van der Waals surface area contributed by atoms with Gasteiger partial charge in [0, 0.05) is 11.1 Å². The number of aromatic nitrogens is 1. The van der Waals surface area contributed by atoms with Gasteiger partial charge < -0.3 is 14.6 Å². The van der Waals surface area contributed by atoms with Gasteiger partial charge in [0.05, 0.1) is 16.4 Å². The zero-order valence-corrected chi connectivity index (χ0v) is 13.0. The van der Waals surface area contributed by atoms with E-state index < -0.39 is 5.60 Å². The van der Waals surface area contributed by atoms with E-state index in [4.69, 9.17) is 20.9 Å². The monoisotopic (exact) mass is 306 g/mol. The van der Waals surface area contributed by atoms with Crippen LogP contribution in [0.15, 0.2) is 16.7 Å². The Labute approximate surface area is 127 Å². The van der Waals surface area contributed by atoms with Crippen molar-refractivity contribution in [1.82, 2.24) is 5.16 Å². The van der Waals surface area contributed by atoms with Gasteiger partial charge in [-0.15, -0.1) is 0 Å². The number of aryl methyl sites for hydroxylation is 2. The van der Waals surface area contributed by atoms with Crippen LogP contribution in [0.4, 0.5) is 5.69 Å². The topological polar surface area (TPSA) is 64.4 Å². The maximum Gasteiger partial charge on any atom is 0.268 e. The van der Waals surface area contributed by atoms with Crippen LogP contribution in [0.5, 0.6) is 5.75 Å². The number of benzene rings is 1. The van der Waals surface area contributed by atoms with Crippen molar-refractivity contribution >= 4 is 23.2 Å². The Hall–Kier alpha value is -2.01. The second-order valence-corrected chi connectivity index (χ2v) is 6.00. The molecular formula is C15H15ClN2O3. The van der Waals surface area contributed by atoms with Crippen LogP contribution in [-0.4, -0.2) is 16.7 Å². The maximum atomic E-state index is 11.9. The van der Waals surface area contributed by atoms with Crippen molar-refractivity contribution in [3.05, 3.63) is 28.6 Å². The molecule has 0 atom stereocenters. The first-order valence-electron chi connectivity index (χ1n) is 6.57. The number of amides is 1. The largest absolute Gasteiger partial charge is 0.476 e. The lowest BCUT2D eigenvalue weighted by Crippen LogP contribution is -2.45. The number of anilines is 1. The van der Waals surface area contributed by atoms with E-state index in [1.54, 1.807) is 19.9 Å². The summed E-state index contributed by atoms with van der Waals surface area (Å²) in [6.07, 6.45) is 0. The minimum Gasteiger partial charge on any atom is -0.476 e. The van der Waals surface area contributed by atoms with Gasteiger partial charge in [-0.25, -0.2) is 0 Å². The van der Waals surface area contributed by atoms with Crippen LogP contribution in [0.2, 0.25) is 5.02 Å². The lowest BCUT2D eigenvalue weighted by atomic mass is 10.0. The second kappa shape index (κ2) is 4.49. The number of fused-ring (bicyclic) bond motifs is 1. The first-order valence-corrected chi connectivity index (χ1v) is 6.94. The molecule has 2 heterocycles. The highest BCUT2D eigenvalue weighted by molar-refractivity contribution is 6.34. The van der Waals surface area contributed by atoms with Crippen LogP contribution in [0, 0.1) is 13.8 Å². The highest BCUT2D eigenvalue weighted by atomic mass is 35.5. The first kappa shape index (κ1) is 13.9. The molecule has 0 saturated heterocycles. The van der Waals surface area contributed by atoms with Gasteiger partial charge >= 0.3 is 0 Å². The molecule has 110 valence electrons. The van der Waals surface area contributed by atoms with Crippen molar-refractivity contribution in [1.29, 1.82) is 0 Å². The first-order chi connectivity index (χ1) is 9.79. The van der Waals surface area contributed by atoms with E-state index in [0.717, 1.165) is 16.8 Å². The predicted octanol–water partition coefficient (Wildman–Crippen LogP) is 3.72. The molecule has 5 nitrogen and oxygen atoms in total. The van der Waals surface area contributed by atoms with Gasteiger partial charge in [0.25, 0.3) is 5.91 Å². The van der Waals surface area contributed by atoms with Crippen LogP contribution >= 0.6 is 11.6 Å². The van der Waals surface area contributed by atoms with Gasteiger partial charge in [-0.05, 0) is 39.8 Å². The molecule has 0 spiro atoms. The average Bonchev–Trinajstić information content (AvgIpc) is 2.71. The van der Waals surface area contributed by atoms with Crippen molar-refractivity contribution in [2.75, 3.05) is 5.32 Å². The predicted molar refractivity (Wildman–Crippen MR) is 79.8 cm³/mol. The van der Waals surface area contributed by atoms with Gasteiger partial charge in [0.1, 0.15) is 11.5 Å². The van der Waals surface area contributed by atoms with E-state index >= 15 is 0 Å². The zero-order chi connectivity index (χ0) is 15.4. The summed E-state index contributed by atoms with van der Waals surface area (Å²) in [5.74, 6) is 1.07. The molecule has 1 aliphatic heterocycles. The average molecular weight is 307 g/mol. The summed E-state index contributed by atoms with van der Waals surface area (Å²) in [6.45, 7) is 7.12. The van der Waals surface area contributed by atoms with Crippen molar-refractivity contribution in [2.24, 2.45) is 0 Å². The molecule has 0 saturated carbocycles. The number of rotatable bonds is 1. The Morgan fingerprint density at radius 2 is 2.00 bits per heavy atom. The van der Waals surface area contributed by atoms with E-state index in [0.29, 0.717) is 22.2 Å². The molecule has 1 aliphatic rings. The number of hydrogen-bond acceptors (Lipinski definition) is 4. The van der Waals surface area contributed by atoms with Crippen LogP contribution in [0.25, 0.3) is 11.1 Å². The van der Waals surface area contributed by atoms with Gasteiger partial charge in [0.2, 0.25) is 0 Å². The fourth-order valence-corrected chi connectivity index (χ4v) is 2.65. The van der Waals surface area contributed by atoms with E-state index in [2.05, 4.69) is 10.5 Å². The molecule has 0 aliphatic carbocycles. The van der Waals surface area contributed by atoms with E-state index in [1.165, 1.54) is 0 Å². The summed E-state index contributed by atoms with van der Waals surface area (Å²) in [6, 6.07) is 3.50. The molecule has 0 radical (unpaired) electrons. The Morgan fingerprint density at radius 3 is 2.62 bits per heavy atom. The smallest absolute Gasteiger partial charge is 0.268 e. The Kier molecular flexibility index (Phi) is 2.99. The highest BCUT2D eigenvalue weighted by Gasteiger charge is 2.36. The van der Waals surface area contributed by atoms with Crippen LogP contribution < -0.4 is 10.1 Å². The van der Waals surface area contributed by atoms with Crippen molar-refractivity contribution in [2.45, 2.75) is 33.3 Å². The molecule has 1 amide bonds. The number of carbonyl (C=O) groups is 1. The van der Waals surface area contributed by atoms with Crippen LogP contribution in [0.3, 0.4) is 0 Å². The number of nitrogens with zero attached hydrogens (tertiary/aromatic N) is 1. The van der Waals surface area contributed by atoms with Crippen LogP contribution in [-0.2, 0) is 4.79 Å². The summed E-state index contributed by atoms with van der Waals surface area (Å²) in [5.41, 5.74) is 2.03. The fourth-order valence-electron chi connectivity index (χ4n) is 2.39. The van der Waals surface area contributed by atoms with Gasteiger partial charge in [-0.1, -0.05) is 16.8 Å². The molecule has 0 bridgehead atoms. The quantitative estimate of drug-likeness (QED) is 0.872. The van der Waals surface area contributed by atoms with E-state index in [1.807, 2.05) is 19.9 Å². The maximum absolute atomic E-state index is 11.9. The van der Waals surface area contributed by atoms with Gasteiger partial charge in [-0.3, -0.25) is 4.79 Å². The van der Waals surface area contributed by atoms with E-state index in [-0.39, 0.29) is 5.91 Å². The molecule has 0 unspecified atom stereocenters. The number of halogens is 1.